The van der Waals surface area contributed by atoms with Crippen LogP contribution in [0.5, 0.6) is 0 Å². The normalized spacial score (nSPS) is 13.4. The Hall–Kier alpha value is -1.07. The van der Waals surface area contributed by atoms with Crippen LogP contribution in [-0.4, -0.2) is 31.9 Å². The third-order valence-corrected chi connectivity index (χ3v) is 4.24. The first-order valence-corrected chi connectivity index (χ1v) is 7.35. The predicted octanol–water partition coefficient (Wildman–Crippen LogP) is 1.66. The quantitative estimate of drug-likeness (QED) is 0.813. The van der Waals surface area contributed by atoms with Crippen LogP contribution in [0.15, 0.2) is 29.2 Å². The molecule has 1 atom stereocenters. The van der Waals surface area contributed by atoms with E-state index in [1.54, 1.807) is 38.1 Å². The number of aliphatic hydroxyl groups is 1. The zero-order chi connectivity index (χ0) is 12.9. The summed E-state index contributed by atoms with van der Waals surface area (Å²) in [5, 5.41) is 12.2. The van der Waals surface area contributed by atoms with Gasteiger partial charge in [0, 0.05) is 12.2 Å². The molecule has 0 aliphatic carbocycles. The van der Waals surface area contributed by atoms with E-state index in [9.17, 15) is 8.42 Å². The molecule has 0 fully saturated rings. The summed E-state index contributed by atoms with van der Waals surface area (Å²) in [6, 6.07) is 6.68. The number of aliphatic hydroxyl groups excluding tert-OH is 1. The van der Waals surface area contributed by atoms with E-state index in [4.69, 9.17) is 5.11 Å². The summed E-state index contributed by atoms with van der Waals surface area (Å²) in [6.45, 7) is 4.03. The molecule has 1 aromatic carbocycles. The first-order valence-electron chi connectivity index (χ1n) is 5.70. The summed E-state index contributed by atoms with van der Waals surface area (Å²) in [5.74, 6) is 0.113. The standard InChI is InChI=1S/C12H19NO3S/c1-3-17(15,16)12-6-4-11(5-7-12)13-9-8-10(2)14/h4-7,10,13-14H,3,8-9H2,1-2H3. The molecule has 0 saturated carbocycles. The molecular weight excluding hydrogens is 238 g/mol. The Labute approximate surface area is 103 Å². The number of hydrogen-bond donors (Lipinski definition) is 2. The van der Waals surface area contributed by atoms with Gasteiger partial charge in [-0.3, -0.25) is 0 Å². The van der Waals surface area contributed by atoms with Crippen molar-refractivity contribution in [3.8, 4) is 0 Å². The molecular formula is C12H19NO3S. The summed E-state index contributed by atoms with van der Waals surface area (Å²) in [7, 11) is -3.12. The molecule has 2 N–H and O–H groups in total. The van der Waals surface area contributed by atoms with Gasteiger partial charge in [0.15, 0.2) is 9.84 Å². The molecule has 0 aromatic heterocycles. The lowest BCUT2D eigenvalue weighted by atomic mass is 10.2. The van der Waals surface area contributed by atoms with Crippen molar-refractivity contribution < 1.29 is 13.5 Å². The van der Waals surface area contributed by atoms with Crippen LogP contribution in [0.25, 0.3) is 0 Å². The van der Waals surface area contributed by atoms with Crippen LogP contribution in [-0.2, 0) is 9.84 Å². The minimum atomic E-state index is -3.12. The summed E-state index contributed by atoms with van der Waals surface area (Å²) in [4.78, 5) is 0.348. The van der Waals surface area contributed by atoms with Crippen molar-refractivity contribution in [2.75, 3.05) is 17.6 Å². The number of nitrogens with one attached hydrogen (secondary N) is 1. The van der Waals surface area contributed by atoms with Gasteiger partial charge >= 0.3 is 0 Å². The minimum Gasteiger partial charge on any atom is -0.393 e. The molecule has 1 unspecified atom stereocenters. The van der Waals surface area contributed by atoms with Gasteiger partial charge < -0.3 is 10.4 Å². The van der Waals surface area contributed by atoms with Gasteiger partial charge in [-0.25, -0.2) is 8.42 Å². The highest BCUT2D eigenvalue weighted by atomic mass is 32.2. The second-order valence-electron chi connectivity index (χ2n) is 3.99. The first kappa shape index (κ1) is 14.0. The van der Waals surface area contributed by atoms with Crippen molar-refractivity contribution >= 4 is 15.5 Å². The molecule has 0 amide bonds. The maximum Gasteiger partial charge on any atom is 0.178 e. The summed E-state index contributed by atoms with van der Waals surface area (Å²) in [6.07, 6.45) is 0.330. The third-order valence-electron chi connectivity index (χ3n) is 2.48. The molecule has 0 spiro atoms. The van der Waals surface area contributed by atoms with Gasteiger partial charge in [-0.2, -0.15) is 0 Å². The van der Waals surface area contributed by atoms with E-state index in [0.717, 1.165) is 5.69 Å². The first-order chi connectivity index (χ1) is 7.95. The monoisotopic (exact) mass is 257 g/mol. The fourth-order valence-corrected chi connectivity index (χ4v) is 2.26. The highest BCUT2D eigenvalue weighted by Crippen LogP contribution is 2.15. The lowest BCUT2D eigenvalue weighted by Crippen LogP contribution is -2.10. The van der Waals surface area contributed by atoms with Crippen LogP contribution in [0, 0.1) is 0 Å². The van der Waals surface area contributed by atoms with Crippen molar-refractivity contribution in [2.45, 2.75) is 31.3 Å². The zero-order valence-corrected chi connectivity index (χ0v) is 11.0. The Morgan fingerprint density at radius 1 is 1.29 bits per heavy atom. The summed E-state index contributed by atoms with van der Waals surface area (Å²) < 4.78 is 23.1. The van der Waals surface area contributed by atoms with Crippen molar-refractivity contribution in [1.82, 2.24) is 0 Å². The second kappa shape index (κ2) is 6.02. The lowest BCUT2D eigenvalue weighted by Gasteiger charge is -2.08. The van der Waals surface area contributed by atoms with Crippen LogP contribution in [0.2, 0.25) is 0 Å². The molecule has 0 aliphatic rings. The van der Waals surface area contributed by atoms with E-state index in [1.165, 1.54) is 0 Å². The van der Waals surface area contributed by atoms with Crippen LogP contribution >= 0.6 is 0 Å². The van der Waals surface area contributed by atoms with Crippen LogP contribution in [0.4, 0.5) is 5.69 Å². The fraction of sp³-hybridized carbons (Fsp3) is 0.500. The van der Waals surface area contributed by atoms with E-state index in [-0.39, 0.29) is 11.9 Å². The van der Waals surface area contributed by atoms with E-state index in [1.807, 2.05) is 0 Å². The minimum absolute atomic E-state index is 0.113. The Morgan fingerprint density at radius 2 is 1.88 bits per heavy atom. The molecule has 5 heteroatoms. The van der Waals surface area contributed by atoms with Crippen LogP contribution in [0.3, 0.4) is 0 Å². The van der Waals surface area contributed by atoms with Crippen LogP contribution < -0.4 is 5.32 Å². The number of sulfone groups is 1. The molecule has 0 aliphatic heterocycles. The van der Waals surface area contributed by atoms with Gasteiger partial charge in [0.25, 0.3) is 0 Å². The zero-order valence-electron chi connectivity index (χ0n) is 10.2. The number of rotatable bonds is 6. The number of benzene rings is 1. The largest absolute Gasteiger partial charge is 0.393 e. The van der Waals surface area contributed by atoms with Crippen molar-refractivity contribution in [3.05, 3.63) is 24.3 Å². The van der Waals surface area contributed by atoms with Crippen molar-refractivity contribution in [1.29, 1.82) is 0 Å². The van der Waals surface area contributed by atoms with Gasteiger partial charge in [-0.05, 0) is 37.6 Å². The smallest absolute Gasteiger partial charge is 0.178 e. The fourth-order valence-electron chi connectivity index (χ4n) is 1.37. The van der Waals surface area contributed by atoms with E-state index in [2.05, 4.69) is 5.32 Å². The van der Waals surface area contributed by atoms with E-state index < -0.39 is 9.84 Å². The molecule has 17 heavy (non-hydrogen) atoms. The highest BCUT2D eigenvalue weighted by Gasteiger charge is 2.10. The van der Waals surface area contributed by atoms with Crippen molar-refractivity contribution in [2.24, 2.45) is 0 Å². The molecule has 0 saturated heterocycles. The maximum atomic E-state index is 11.6. The van der Waals surface area contributed by atoms with Gasteiger partial charge in [-0.15, -0.1) is 0 Å². The molecule has 1 aromatic rings. The van der Waals surface area contributed by atoms with Gasteiger partial charge in [-0.1, -0.05) is 6.92 Å². The van der Waals surface area contributed by atoms with Crippen LogP contribution in [0.1, 0.15) is 20.3 Å². The maximum absolute atomic E-state index is 11.6. The highest BCUT2D eigenvalue weighted by molar-refractivity contribution is 7.91. The topological polar surface area (TPSA) is 66.4 Å². The third kappa shape index (κ3) is 4.36. The van der Waals surface area contributed by atoms with E-state index >= 15 is 0 Å². The molecule has 96 valence electrons. The number of hydrogen-bond acceptors (Lipinski definition) is 4. The average molecular weight is 257 g/mol. The Kier molecular flexibility index (Phi) is 4.96. The SMILES string of the molecule is CCS(=O)(=O)c1ccc(NCCC(C)O)cc1. The Balaban J connectivity index is 2.63. The second-order valence-corrected chi connectivity index (χ2v) is 6.27. The molecule has 0 bridgehead atoms. The van der Waals surface area contributed by atoms with E-state index in [0.29, 0.717) is 17.9 Å². The summed E-state index contributed by atoms with van der Waals surface area (Å²) in [5.41, 5.74) is 0.862. The lowest BCUT2D eigenvalue weighted by molar-refractivity contribution is 0.189. The average Bonchev–Trinajstić information content (AvgIpc) is 2.29. The van der Waals surface area contributed by atoms with Crippen molar-refractivity contribution in [3.63, 3.8) is 0 Å². The number of anilines is 1. The molecule has 4 nitrogen and oxygen atoms in total. The predicted molar refractivity (Wildman–Crippen MR) is 69.0 cm³/mol. The molecule has 1 rings (SSSR count). The van der Waals surface area contributed by atoms with Gasteiger partial charge in [0.05, 0.1) is 16.8 Å². The molecule has 0 radical (unpaired) electrons. The van der Waals surface area contributed by atoms with Gasteiger partial charge in [0.1, 0.15) is 0 Å². The Morgan fingerprint density at radius 3 is 2.35 bits per heavy atom. The molecule has 0 heterocycles. The Bertz CT molecular complexity index is 437. The summed E-state index contributed by atoms with van der Waals surface area (Å²) >= 11 is 0. The van der Waals surface area contributed by atoms with Gasteiger partial charge in [0.2, 0.25) is 0 Å².